The molecule has 1 aliphatic heterocycles. The lowest BCUT2D eigenvalue weighted by atomic mass is 9.82. The number of hydrogen-bond donors (Lipinski definition) is 1. The smallest absolute Gasteiger partial charge is 0.383 e. The van der Waals surface area contributed by atoms with Crippen molar-refractivity contribution in [2.24, 2.45) is 5.92 Å². The van der Waals surface area contributed by atoms with Gasteiger partial charge in [0.2, 0.25) is 0 Å². The van der Waals surface area contributed by atoms with E-state index in [1.165, 1.54) is 6.08 Å². The number of imidazole rings is 1. The van der Waals surface area contributed by atoms with Gasteiger partial charge in [0.05, 0.1) is 43.0 Å². The van der Waals surface area contributed by atoms with Gasteiger partial charge in [-0.2, -0.15) is 13.2 Å². The number of benzene rings is 1. The molecule has 2 aromatic rings. The van der Waals surface area contributed by atoms with Gasteiger partial charge in [-0.25, -0.2) is 9.37 Å². The molecule has 140 valence electrons. The zero-order valence-electron chi connectivity index (χ0n) is 13.8. The van der Waals surface area contributed by atoms with E-state index in [9.17, 15) is 22.7 Å². The molecule has 1 saturated heterocycles. The van der Waals surface area contributed by atoms with Crippen LogP contribution in [0.5, 0.6) is 0 Å². The van der Waals surface area contributed by atoms with E-state index >= 15 is 0 Å². The van der Waals surface area contributed by atoms with Gasteiger partial charge in [-0.3, -0.25) is 0 Å². The molecule has 0 spiro atoms. The molecule has 8 heteroatoms. The van der Waals surface area contributed by atoms with Crippen molar-refractivity contribution < 1.29 is 27.4 Å². The molecule has 0 bridgehead atoms. The fourth-order valence-corrected chi connectivity index (χ4v) is 3.56. The van der Waals surface area contributed by atoms with E-state index < -0.39 is 36.2 Å². The molecular weight excluding hydrogens is 352 g/mol. The lowest BCUT2D eigenvalue weighted by Gasteiger charge is -2.36. The van der Waals surface area contributed by atoms with Crippen LogP contribution in [-0.2, 0) is 11.3 Å². The summed E-state index contributed by atoms with van der Waals surface area (Å²) in [7, 11) is 0. The maximum Gasteiger partial charge on any atom is 0.395 e. The van der Waals surface area contributed by atoms with Crippen molar-refractivity contribution in [3.63, 3.8) is 0 Å². The molecule has 2 heterocycles. The third kappa shape index (κ3) is 3.12. The summed E-state index contributed by atoms with van der Waals surface area (Å²) in [5, 5.41) is 10.3. The van der Waals surface area contributed by atoms with E-state index in [2.05, 4.69) is 4.98 Å². The van der Waals surface area contributed by atoms with Crippen molar-refractivity contribution in [2.45, 2.75) is 36.8 Å². The van der Waals surface area contributed by atoms with Crippen molar-refractivity contribution >= 4 is 11.0 Å². The summed E-state index contributed by atoms with van der Waals surface area (Å²) in [4.78, 5) is 4.26. The van der Waals surface area contributed by atoms with Gasteiger partial charge in [0.1, 0.15) is 11.8 Å². The van der Waals surface area contributed by atoms with Crippen LogP contribution in [0.15, 0.2) is 36.7 Å². The van der Waals surface area contributed by atoms with Gasteiger partial charge in [-0.05, 0) is 24.1 Å². The Morgan fingerprint density at radius 1 is 1.27 bits per heavy atom. The van der Waals surface area contributed by atoms with Crippen LogP contribution in [0.25, 0.3) is 11.0 Å². The average Bonchev–Trinajstić information content (AvgIpc) is 2.94. The Balaban J connectivity index is 1.63. The van der Waals surface area contributed by atoms with Crippen molar-refractivity contribution in [3.8, 4) is 0 Å². The highest BCUT2D eigenvalue weighted by Gasteiger charge is 2.43. The molecule has 1 aliphatic carbocycles. The van der Waals surface area contributed by atoms with Crippen LogP contribution < -0.4 is 0 Å². The number of ether oxygens (including phenoxy) is 1. The largest absolute Gasteiger partial charge is 0.395 e. The number of nitrogens with zero attached hydrogens (tertiary/aromatic N) is 2. The number of rotatable bonds is 3. The molecule has 0 saturated carbocycles. The van der Waals surface area contributed by atoms with Gasteiger partial charge in [-0.15, -0.1) is 0 Å². The van der Waals surface area contributed by atoms with Gasteiger partial charge in [0.25, 0.3) is 0 Å². The van der Waals surface area contributed by atoms with Gasteiger partial charge < -0.3 is 14.4 Å². The third-order valence-corrected chi connectivity index (χ3v) is 5.08. The highest BCUT2D eigenvalue weighted by atomic mass is 19.4. The summed E-state index contributed by atoms with van der Waals surface area (Å²) in [5.41, 5.74) is 1.04. The number of hydrogen-bond acceptors (Lipinski definition) is 3. The molecule has 3 unspecified atom stereocenters. The van der Waals surface area contributed by atoms with Crippen molar-refractivity contribution in [1.82, 2.24) is 9.55 Å². The first-order valence-electron chi connectivity index (χ1n) is 8.39. The summed E-state index contributed by atoms with van der Waals surface area (Å²) in [6.45, 7) is 0.773. The standard InChI is InChI=1S/C18H18F4N2O2/c19-14-6-12(18(20,21)22)2-3-13(14)11-1-4-15-16(5-11)24(10-23-15)7-17(25)8-26-9-17/h1-5,10,12-14,25H,6-9H2. The minimum atomic E-state index is -4.42. The topological polar surface area (TPSA) is 47.3 Å². The van der Waals surface area contributed by atoms with Crippen LogP contribution in [0.3, 0.4) is 0 Å². The fraction of sp³-hybridized carbons (Fsp3) is 0.500. The summed E-state index contributed by atoms with van der Waals surface area (Å²) in [6.07, 6.45) is -2.65. The van der Waals surface area contributed by atoms with E-state index in [-0.39, 0.29) is 13.2 Å². The maximum absolute atomic E-state index is 14.4. The lowest BCUT2D eigenvalue weighted by Crippen LogP contribution is -2.52. The number of halogens is 4. The molecule has 1 N–H and O–H groups in total. The Labute approximate surface area is 147 Å². The quantitative estimate of drug-likeness (QED) is 0.666. The lowest BCUT2D eigenvalue weighted by molar-refractivity contribution is -0.184. The molecule has 0 radical (unpaired) electrons. The molecule has 1 aromatic heterocycles. The zero-order valence-corrected chi connectivity index (χ0v) is 13.8. The number of allylic oxidation sites excluding steroid dienone is 2. The second-order valence-electron chi connectivity index (χ2n) is 7.15. The molecule has 0 amide bonds. The third-order valence-electron chi connectivity index (χ3n) is 5.08. The monoisotopic (exact) mass is 370 g/mol. The molecule has 26 heavy (non-hydrogen) atoms. The van der Waals surface area contributed by atoms with Gasteiger partial charge >= 0.3 is 6.18 Å². The highest BCUT2D eigenvalue weighted by molar-refractivity contribution is 5.76. The summed E-state index contributed by atoms with van der Waals surface area (Å²) >= 11 is 0. The summed E-state index contributed by atoms with van der Waals surface area (Å²) in [6, 6.07) is 5.15. The zero-order chi connectivity index (χ0) is 18.5. The van der Waals surface area contributed by atoms with E-state index in [4.69, 9.17) is 4.74 Å². The minimum Gasteiger partial charge on any atom is -0.383 e. The van der Waals surface area contributed by atoms with Gasteiger partial charge in [0.15, 0.2) is 0 Å². The SMILES string of the molecule is OC1(Cn2cnc3ccc(C4C=CC(C(F)(F)F)CC4F)cc32)COC1. The predicted octanol–water partition coefficient (Wildman–Crippen LogP) is 3.36. The second-order valence-corrected chi connectivity index (χ2v) is 7.15. The van der Waals surface area contributed by atoms with Crippen molar-refractivity contribution in [1.29, 1.82) is 0 Å². The molecule has 1 aromatic carbocycles. The normalized spacial score (nSPS) is 28.3. The molecule has 1 fully saturated rings. The van der Waals surface area contributed by atoms with E-state index in [0.29, 0.717) is 23.1 Å². The molecule has 3 atom stereocenters. The van der Waals surface area contributed by atoms with Crippen LogP contribution in [0.1, 0.15) is 17.9 Å². The highest BCUT2D eigenvalue weighted by Crippen LogP contribution is 2.40. The molecule has 4 nitrogen and oxygen atoms in total. The second kappa shape index (κ2) is 6.06. The minimum absolute atomic E-state index is 0.239. The van der Waals surface area contributed by atoms with E-state index in [1.54, 1.807) is 29.1 Å². The first kappa shape index (κ1) is 17.5. The first-order chi connectivity index (χ1) is 12.3. The van der Waals surface area contributed by atoms with Crippen molar-refractivity contribution in [2.75, 3.05) is 13.2 Å². The van der Waals surface area contributed by atoms with E-state index in [0.717, 1.165) is 6.08 Å². The average molecular weight is 370 g/mol. The Bertz CT molecular complexity index is 841. The van der Waals surface area contributed by atoms with Crippen LogP contribution in [0, 0.1) is 5.92 Å². The Kier molecular flexibility index (Phi) is 4.07. The van der Waals surface area contributed by atoms with Crippen LogP contribution in [0.2, 0.25) is 0 Å². The molecular formula is C18H18F4N2O2. The first-order valence-corrected chi connectivity index (χ1v) is 8.39. The maximum atomic E-state index is 14.4. The van der Waals surface area contributed by atoms with Gasteiger partial charge in [-0.1, -0.05) is 18.2 Å². The van der Waals surface area contributed by atoms with Gasteiger partial charge in [0, 0.05) is 5.92 Å². The Hall–Kier alpha value is -1.93. The van der Waals surface area contributed by atoms with Crippen molar-refractivity contribution in [3.05, 3.63) is 42.2 Å². The number of alkyl halides is 4. The van der Waals surface area contributed by atoms with Crippen LogP contribution in [-0.4, -0.2) is 45.8 Å². The summed E-state index contributed by atoms with van der Waals surface area (Å²) < 4.78 is 59.6. The van der Waals surface area contributed by atoms with Crippen LogP contribution in [0.4, 0.5) is 17.6 Å². The molecule has 2 aliphatic rings. The van der Waals surface area contributed by atoms with Crippen LogP contribution >= 0.6 is 0 Å². The Morgan fingerprint density at radius 3 is 2.65 bits per heavy atom. The Morgan fingerprint density at radius 2 is 2.04 bits per heavy atom. The number of fused-ring (bicyclic) bond motifs is 1. The molecule has 4 rings (SSSR count). The fourth-order valence-electron chi connectivity index (χ4n) is 3.56. The predicted molar refractivity (Wildman–Crippen MR) is 86.4 cm³/mol. The number of aliphatic hydroxyl groups is 1. The number of aromatic nitrogens is 2. The summed E-state index contributed by atoms with van der Waals surface area (Å²) in [5.74, 6) is -2.47. The van der Waals surface area contributed by atoms with E-state index in [1.807, 2.05) is 0 Å².